The molecule has 0 radical (unpaired) electrons. The van der Waals surface area contributed by atoms with Gasteiger partial charge in [0.25, 0.3) is 5.56 Å². The molecule has 1 amide bonds. The van der Waals surface area contributed by atoms with Crippen molar-refractivity contribution in [1.82, 2.24) is 14.5 Å². The van der Waals surface area contributed by atoms with Gasteiger partial charge in [0, 0.05) is 18.5 Å². The Kier molecular flexibility index (Phi) is 4.91. The molecule has 2 heterocycles. The van der Waals surface area contributed by atoms with Crippen molar-refractivity contribution in [1.29, 1.82) is 5.26 Å². The second-order valence-corrected chi connectivity index (χ2v) is 6.63. The lowest BCUT2D eigenvalue weighted by Gasteiger charge is -2.15. The molecule has 0 saturated carbocycles. The molecule has 0 unspecified atom stereocenters. The Balaban J connectivity index is 1.89. The van der Waals surface area contributed by atoms with Crippen LogP contribution in [0.15, 0.2) is 47.5 Å². The van der Waals surface area contributed by atoms with E-state index in [1.165, 1.54) is 27.1 Å². The molecule has 3 aromatic rings. The monoisotopic (exact) mass is 352 g/mol. The summed E-state index contributed by atoms with van der Waals surface area (Å²) in [5, 5.41) is 9.11. The van der Waals surface area contributed by atoms with E-state index in [0.717, 1.165) is 10.4 Å². The fourth-order valence-corrected chi connectivity index (χ4v) is 3.42. The molecule has 0 N–H and O–H groups in total. The lowest BCUT2D eigenvalue weighted by molar-refractivity contribution is -0.130. The van der Waals surface area contributed by atoms with Gasteiger partial charge in [-0.05, 0) is 11.6 Å². The van der Waals surface area contributed by atoms with Crippen LogP contribution in [-0.4, -0.2) is 34.0 Å². The number of hydrogen-bond acceptors (Lipinski definition) is 5. The highest BCUT2D eigenvalue weighted by molar-refractivity contribution is 7.21. The highest BCUT2D eigenvalue weighted by atomic mass is 32.1. The first-order chi connectivity index (χ1) is 12.1. The van der Waals surface area contributed by atoms with Gasteiger partial charge in [-0.2, -0.15) is 5.26 Å². The van der Waals surface area contributed by atoms with Gasteiger partial charge in [0.1, 0.15) is 11.4 Å². The van der Waals surface area contributed by atoms with E-state index < -0.39 is 0 Å². The SMILES string of the molecule is CN(CCC#N)C(=O)Cn1cnc2sc(-c3ccccc3)cc2c1=O. The maximum atomic E-state index is 12.7. The van der Waals surface area contributed by atoms with Crippen LogP contribution in [0.3, 0.4) is 0 Å². The first-order valence-electron chi connectivity index (χ1n) is 7.75. The molecule has 0 atom stereocenters. The quantitative estimate of drug-likeness (QED) is 0.707. The minimum Gasteiger partial charge on any atom is -0.343 e. The third-order valence-electron chi connectivity index (χ3n) is 3.87. The summed E-state index contributed by atoms with van der Waals surface area (Å²) in [5.74, 6) is -0.225. The van der Waals surface area contributed by atoms with E-state index in [0.29, 0.717) is 16.8 Å². The molecule has 3 rings (SSSR count). The smallest absolute Gasteiger partial charge is 0.262 e. The number of nitrogens with zero attached hydrogens (tertiary/aromatic N) is 4. The first-order valence-corrected chi connectivity index (χ1v) is 8.57. The Hall–Kier alpha value is -2.98. The Labute approximate surface area is 148 Å². The fourth-order valence-electron chi connectivity index (χ4n) is 2.43. The van der Waals surface area contributed by atoms with E-state index in [2.05, 4.69) is 4.98 Å². The normalized spacial score (nSPS) is 10.6. The highest BCUT2D eigenvalue weighted by Gasteiger charge is 2.14. The number of thiophene rings is 1. The molecule has 1 aromatic carbocycles. The van der Waals surface area contributed by atoms with Crippen molar-refractivity contribution in [3.8, 4) is 16.5 Å². The zero-order chi connectivity index (χ0) is 17.8. The van der Waals surface area contributed by atoms with Crippen molar-refractivity contribution in [2.24, 2.45) is 0 Å². The second-order valence-electron chi connectivity index (χ2n) is 5.60. The summed E-state index contributed by atoms with van der Waals surface area (Å²) in [6.07, 6.45) is 1.67. The van der Waals surface area contributed by atoms with Crippen LogP contribution in [0.25, 0.3) is 20.7 Å². The molecule has 0 aliphatic carbocycles. The molecule has 0 aliphatic heterocycles. The lowest BCUT2D eigenvalue weighted by Crippen LogP contribution is -2.34. The number of likely N-dealkylation sites (N-methyl/N-ethyl adjacent to an activating group) is 1. The van der Waals surface area contributed by atoms with Gasteiger partial charge in [-0.3, -0.25) is 14.2 Å². The summed E-state index contributed by atoms with van der Waals surface area (Å²) in [6.45, 7) is 0.260. The van der Waals surface area contributed by atoms with E-state index in [4.69, 9.17) is 5.26 Å². The second kappa shape index (κ2) is 7.28. The Morgan fingerprint density at radius 1 is 1.36 bits per heavy atom. The molecule has 126 valence electrons. The Morgan fingerprint density at radius 3 is 2.84 bits per heavy atom. The van der Waals surface area contributed by atoms with Gasteiger partial charge in [-0.15, -0.1) is 11.3 Å². The summed E-state index contributed by atoms with van der Waals surface area (Å²) < 4.78 is 1.31. The number of benzene rings is 1. The number of aromatic nitrogens is 2. The number of rotatable bonds is 5. The molecule has 0 aliphatic rings. The van der Waals surface area contributed by atoms with Gasteiger partial charge in [-0.1, -0.05) is 30.3 Å². The van der Waals surface area contributed by atoms with Crippen molar-refractivity contribution in [3.63, 3.8) is 0 Å². The van der Waals surface area contributed by atoms with Gasteiger partial charge in [-0.25, -0.2) is 4.98 Å². The van der Waals surface area contributed by atoms with Crippen molar-refractivity contribution >= 4 is 27.5 Å². The Bertz CT molecular complexity index is 1000. The molecule has 0 bridgehead atoms. The number of carbonyl (C=O) groups excluding carboxylic acids is 1. The van der Waals surface area contributed by atoms with E-state index >= 15 is 0 Å². The minimum atomic E-state index is -0.231. The maximum absolute atomic E-state index is 12.7. The minimum absolute atomic E-state index is 0.0831. The van der Waals surface area contributed by atoms with Crippen molar-refractivity contribution in [2.75, 3.05) is 13.6 Å². The summed E-state index contributed by atoms with van der Waals surface area (Å²) in [5.41, 5.74) is 0.800. The first kappa shape index (κ1) is 16.9. The molecule has 2 aromatic heterocycles. The number of hydrogen-bond donors (Lipinski definition) is 0. The molecule has 0 fully saturated rings. The third kappa shape index (κ3) is 3.59. The molecule has 7 heteroatoms. The summed E-state index contributed by atoms with van der Waals surface area (Å²) in [4.78, 5) is 32.2. The molecule has 0 spiro atoms. The van der Waals surface area contributed by atoms with E-state index in [9.17, 15) is 9.59 Å². The van der Waals surface area contributed by atoms with Gasteiger partial charge >= 0.3 is 0 Å². The number of fused-ring (bicyclic) bond motifs is 1. The van der Waals surface area contributed by atoms with Crippen LogP contribution in [0.2, 0.25) is 0 Å². The topological polar surface area (TPSA) is 79.0 Å². The predicted octanol–water partition coefficient (Wildman–Crippen LogP) is 2.50. The predicted molar refractivity (Wildman–Crippen MR) is 97.2 cm³/mol. The number of amides is 1. The average molecular weight is 352 g/mol. The third-order valence-corrected chi connectivity index (χ3v) is 4.96. The summed E-state index contributed by atoms with van der Waals surface area (Å²) >= 11 is 1.45. The van der Waals surface area contributed by atoms with Crippen molar-refractivity contribution in [2.45, 2.75) is 13.0 Å². The van der Waals surface area contributed by atoms with Crippen molar-refractivity contribution < 1.29 is 4.79 Å². The molecular formula is C18H16N4O2S. The van der Waals surface area contributed by atoms with Gasteiger partial charge in [0.2, 0.25) is 5.91 Å². The van der Waals surface area contributed by atoms with Crippen LogP contribution in [0.5, 0.6) is 0 Å². The number of carbonyl (C=O) groups is 1. The van der Waals surface area contributed by atoms with E-state index in [-0.39, 0.29) is 24.4 Å². The summed E-state index contributed by atoms with van der Waals surface area (Å²) in [7, 11) is 1.62. The van der Waals surface area contributed by atoms with Crippen LogP contribution < -0.4 is 5.56 Å². The van der Waals surface area contributed by atoms with Gasteiger partial charge in [0.15, 0.2) is 0 Å². The van der Waals surface area contributed by atoms with Crippen LogP contribution in [0.4, 0.5) is 0 Å². The molecule has 25 heavy (non-hydrogen) atoms. The van der Waals surface area contributed by atoms with Crippen LogP contribution >= 0.6 is 11.3 Å². The van der Waals surface area contributed by atoms with Crippen LogP contribution in [0.1, 0.15) is 6.42 Å². The van der Waals surface area contributed by atoms with Crippen molar-refractivity contribution in [3.05, 3.63) is 53.1 Å². The molecule has 0 saturated heterocycles. The number of nitriles is 1. The molecule has 6 nitrogen and oxygen atoms in total. The highest BCUT2D eigenvalue weighted by Crippen LogP contribution is 2.30. The summed E-state index contributed by atoms with van der Waals surface area (Å²) in [6, 6.07) is 13.6. The fraction of sp³-hybridized carbons (Fsp3) is 0.222. The average Bonchev–Trinajstić information content (AvgIpc) is 3.08. The largest absolute Gasteiger partial charge is 0.343 e. The zero-order valence-electron chi connectivity index (χ0n) is 13.7. The van der Waals surface area contributed by atoms with Gasteiger partial charge < -0.3 is 4.90 Å². The zero-order valence-corrected chi connectivity index (χ0v) is 14.5. The van der Waals surface area contributed by atoms with Crippen LogP contribution in [0, 0.1) is 11.3 Å². The van der Waals surface area contributed by atoms with Gasteiger partial charge in [0.05, 0.1) is 24.2 Å². The van der Waals surface area contributed by atoms with Crippen LogP contribution in [-0.2, 0) is 11.3 Å². The van der Waals surface area contributed by atoms with E-state index in [1.54, 1.807) is 7.05 Å². The molecular weight excluding hydrogens is 336 g/mol. The van der Waals surface area contributed by atoms with E-state index in [1.807, 2.05) is 42.5 Å². The lowest BCUT2D eigenvalue weighted by atomic mass is 10.2. The standard InChI is InChI=1S/C18H16N4O2S/c1-21(9-5-8-19)16(23)11-22-12-20-17-14(18(22)24)10-15(25-17)13-6-3-2-4-7-13/h2-4,6-7,10,12H,5,9,11H2,1H3. The maximum Gasteiger partial charge on any atom is 0.262 e. The Morgan fingerprint density at radius 2 is 2.12 bits per heavy atom.